The Bertz CT molecular complexity index is 824. The highest BCUT2D eigenvalue weighted by Crippen LogP contribution is 2.34. The summed E-state index contributed by atoms with van der Waals surface area (Å²) in [5, 5.41) is 0.835. The van der Waals surface area contributed by atoms with Gasteiger partial charge in [-0.2, -0.15) is 0 Å². The largest absolute Gasteiger partial charge is 0.368 e. The number of hydrogen-bond acceptors (Lipinski definition) is 4. The molecule has 1 aromatic heterocycles. The molecule has 1 fully saturated rings. The second kappa shape index (κ2) is 6.96. The van der Waals surface area contributed by atoms with Crippen molar-refractivity contribution < 1.29 is 9.59 Å². The van der Waals surface area contributed by atoms with E-state index in [-0.39, 0.29) is 12.5 Å². The van der Waals surface area contributed by atoms with Gasteiger partial charge in [0, 0.05) is 6.54 Å². The monoisotopic (exact) mass is 357 g/mol. The van der Waals surface area contributed by atoms with Gasteiger partial charge in [0.15, 0.2) is 0 Å². The summed E-state index contributed by atoms with van der Waals surface area (Å²) in [4.78, 5) is 31.3. The first-order chi connectivity index (χ1) is 11.8. The smallest absolute Gasteiger partial charge is 0.274 e. The van der Waals surface area contributed by atoms with Crippen LogP contribution in [0.5, 0.6) is 0 Å². The van der Waals surface area contributed by atoms with E-state index in [0.29, 0.717) is 18.2 Å². The first-order valence-electron chi connectivity index (χ1n) is 8.47. The van der Waals surface area contributed by atoms with E-state index in [0.717, 1.165) is 28.3 Å². The molecule has 1 heterocycles. The van der Waals surface area contributed by atoms with Crippen LogP contribution in [-0.2, 0) is 4.79 Å². The van der Waals surface area contributed by atoms with Crippen molar-refractivity contribution >= 4 is 23.2 Å². The minimum atomic E-state index is -0.492. The maximum absolute atomic E-state index is 13.1. The zero-order valence-electron chi connectivity index (χ0n) is 14.8. The molecule has 0 atom stereocenters. The molecular formula is C19H23N3O2S. The number of amides is 2. The molecule has 5 nitrogen and oxygen atoms in total. The Hall–Kier alpha value is -2.21. The topological polar surface area (TPSA) is 76.3 Å². The van der Waals surface area contributed by atoms with E-state index in [2.05, 4.69) is 31.0 Å². The van der Waals surface area contributed by atoms with Crippen LogP contribution in [0.4, 0.5) is 0 Å². The van der Waals surface area contributed by atoms with Crippen molar-refractivity contribution in [3.8, 4) is 10.4 Å². The van der Waals surface area contributed by atoms with Gasteiger partial charge in [-0.3, -0.25) is 9.59 Å². The number of rotatable bonds is 6. The summed E-state index contributed by atoms with van der Waals surface area (Å²) in [5.41, 5.74) is 9.14. The minimum absolute atomic E-state index is 0.0573. The molecule has 0 saturated heterocycles. The van der Waals surface area contributed by atoms with Gasteiger partial charge in [-0.1, -0.05) is 18.2 Å². The highest BCUT2D eigenvalue weighted by Gasteiger charge is 2.30. The maximum Gasteiger partial charge on any atom is 0.274 e. The van der Waals surface area contributed by atoms with E-state index in [1.807, 2.05) is 13.0 Å². The average molecular weight is 357 g/mol. The van der Waals surface area contributed by atoms with Crippen molar-refractivity contribution in [2.75, 3.05) is 13.1 Å². The van der Waals surface area contributed by atoms with E-state index in [9.17, 15) is 9.59 Å². The van der Waals surface area contributed by atoms with E-state index in [1.165, 1.54) is 22.5 Å². The third-order valence-corrected chi connectivity index (χ3v) is 5.54. The van der Waals surface area contributed by atoms with Gasteiger partial charge in [0.2, 0.25) is 5.91 Å². The summed E-state index contributed by atoms with van der Waals surface area (Å²) in [6.07, 6.45) is 2.20. The fourth-order valence-corrected chi connectivity index (χ4v) is 3.73. The van der Waals surface area contributed by atoms with Crippen LogP contribution < -0.4 is 5.73 Å². The molecule has 2 N–H and O–H groups in total. The number of nitrogens with zero attached hydrogens (tertiary/aromatic N) is 2. The van der Waals surface area contributed by atoms with Crippen LogP contribution >= 0.6 is 11.3 Å². The molecule has 0 radical (unpaired) electrons. The van der Waals surface area contributed by atoms with Crippen LogP contribution in [0.25, 0.3) is 10.4 Å². The van der Waals surface area contributed by atoms with Crippen LogP contribution in [0, 0.1) is 26.7 Å². The highest BCUT2D eigenvalue weighted by atomic mass is 32.1. The van der Waals surface area contributed by atoms with Crippen molar-refractivity contribution in [1.82, 2.24) is 9.88 Å². The van der Waals surface area contributed by atoms with E-state index < -0.39 is 5.91 Å². The summed E-state index contributed by atoms with van der Waals surface area (Å²) >= 11 is 1.51. The summed E-state index contributed by atoms with van der Waals surface area (Å²) < 4.78 is 0. The van der Waals surface area contributed by atoms with Gasteiger partial charge in [0.05, 0.1) is 16.4 Å². The standard InChI is InChI=1S/C19H23N3O2S/c1-11-4-7-15(8-12(11)2)18-17(21-13(3)25-18)19(24)22(10-16(20)23)9-14-5-6-14/h4,7-8,14H,5-6,9-10H2,1-3H3,(H2,20,23). The molecule has 2 amide bonds. The second-order valence-corrected chi connectivity index (χ2v) is 8.01. The van der Waals surface area contributed by atoms with E-state index in [4.69, 9.17) is 5.73 Å². The van der Waals surface area contributed by atoms with Gasteiger partial charge < -0.3 is 10.6 Å². The molecule has 1 aliphatic carbocycles. The predicted octanol–water partition coefficient (Wildman–Crippen LogP) is 3.07. The number of carbonyl (C=O) groups excluding carboxylic acids is 2. The molecule has 1 aromatic carbocycles. The van der Waals surface area contributed by atoms with Gasteiger partial charge >= 0.3 is 0 Å². The Labute approximate surface area is 151 Å². The Balaban J connectivity index is 1.96. The van der Waals surface area contributed by atoms with Crippen molar-refractivity contribution in [2.45, 2.75) is 33.6 Å². The lowest BCUT2D eigenvalue weighted by molar-refractivity contribution is -0.118. The zero-order valence-corrected chi connectivity index (χ0v) is 15.7. The first kappa shape index (κ1) is 17.6. The van der Waals surface area contributed by atoms with Crippen LogP contribution in [0.3, 0.4) is 0 Å². The number of primary amides is 1. The van der Waals surface area contributed by atoms with Gasteiger partial charge in [-0.05, 0) is 56.2 Å². The molecule has 3 rings (SSSR count). The molecule has 1 saturated carbocycles. The molecule has 0 spiro atoms. The number of carbonyl (C=O) groups is 2. The number of thiazole rings is 1. The Morgan fingerprint density at radius 1 is 1.24 bits per heavy atom. The Morgan fingerprint density at radius 3 is 2.56 bits per heavy atom. The maximum atomic E-state index is 13.1. The summed E-state index contributed by atoms with van der Waals surface area (Å²) in [6.45, 7) is 6.53. The van der Waals surface area contributed by atoms with E-state index in [1.54, 1.807) is 4.90 Å². The molecule has 25 heavy (non-hydrogen) atoms. The highest BCUT2D eigenvalue weighted by molar-refractivity contribution is 7.15. The first-order valence-corrected chi connectivity index (χ1v) is 9.29. The summed E-state index contributed by atoms with van der Waals surface area (Å²) in [7, 11) is 0. The molecule has 2 aromatic rings. The Kier molecular flexibility index (Phi) is 4.90. The van der Waals surface area contributed by atoms with Crippen LogP contribution in [0.15, 0.2) is 18.2 Å². The quantitative estimate of drug-likeness (QED) is 0.863. The van der Waals surface area contributed by atoms with Crippen molar-refractivity contribution in [2.24, 2.45) is 11.7 Å². The number of nitrogens with two attached hydrogens (primary N) is 1. The molecule has 6 heteroatoms. The fourth-order valence-electron chi connectivity index (χ4n) is 2.82. The van der Waals surface area contributed by atoms with Crippen molar-refractivity contribution in [1.29, 1.82) is 0 Å². The SMILES string of the molecule is Cc1nc(C(=O)N(CC(N)=O)CC2CC2)c(-c2ccc(C)c(C)c2)s1. The lowest BCUT2D eigenvalue weighted by Gasteiger charge is -2.20. The Morgan fingerprint density at radius 2 is 1.96 bits per heavy atom. The molecule has 0 bridgehead atoms. The lowest BCUT2D eigenvalue weighted by atomic mass is 10.0. The van der Waals surface area contributed by atoms with Gasteiger partial charge in [0.1, 0.15) is 5.69 Å². The van der Waals surface area contributed by atoms with Crippen molar-refractivity contribution in [3.05, 3.63) is 40.0 Å². The van der Waals surface area contributed by atoms with Crippen LogP contribution in [0.1, 0.15) is 39.5 Å². The summed E-state index contributed by atoms with van der Waals surface area (Å²) in [6, 6.07) is 6.16. The third kappa shape index (κ3) is 4.07. The normalized spacial score (nSPS) is 13.7. The molecule has 132 valence electrons. The number of benzene rings is 1. The van der Waals surface area contributed by atoms with Gasteiger partial charge in [-0.15, -0.1) is 11.3 Å². The fraction of sp³-hybridized carbons (Fsp3) is 0.421. The zero-order chi connectivity index (χ0) is 18.1. The number of hydrogen-bond donors (Lipinski definition) is 1. The molecule has 1 aliphatic rings. The third-order valence-electron chi connectivity index (χ3n) is 4.52. The average Bonchev–Trinajstić information content (AvgIpc) is 3.28. The number of aromatic nitrogens is 1. The van der Waals surface area contributed by atoms with Gasteiger partial charge in [0.25, 0.3) is 5.91 Å². The molecule has 0 unspecified atom stereocenters. The van der Waals surface area contributed by atoms with Crippen LogP contribution in [0.2, 0.25) is 0 Å². The molecule has 0 aliphatic heterocycles. The number of aryl methyl sites for hydroxylation is 3. The minimum Gasteiger partial charge on any atom is -0.368 e. The molecular weight excluding hydrogens is 334 g/mol. The lowest BCUT2D eigenvalue weighted by Crippen LogP contribution is -2.40. The summed E-state index contributed by atoms with van der Waals surface area (Å²) in [5.74, 6) is -0.218. The van der Waals surface area contributed by atoms with Crippen molar-refractivity contribution in [3.63, 3.8) is 0 Å². The predicted molar refractivity (Wildman–Crippen MR) is 99.6 cm³/mol. The van der Waals surface area contributed by atoms with Gasteiger partial charge in [-0.25, -0.2) is 4.98 Å². The second-order valence-electron chi connectivity index (χ2n) is 6.81. The van der Waals surface area contributed by atoms with Crippen LogP contribution in [-0.4, -0.2) is 34.8 Å². The van der Waals surface area contributed by atoms with E-state index >= 15 is 0 Å².